The number of carbonyl (C=O) groups is 1. The molecule has 1 aromatic carbocycles. The molecule has 0 saturated carbocycles. The van der Waals surface area contributed by atoms with Gasteiger partial charge in [0.15, 0.2) is 0 Å². The van der Waals surface area contributed by atoms with Crippen molar-refractivity contribution in [3.05, 3.63) is 34.9 Å². The number of aliphatic hydroxyl groups excluding tert-OH is 1. The van der Waals surface area contributed by atoms with Crippen molar-refractivity contribution < 1.29 is 9.90 Å². The minimum absolute atomic E-state index is 0.0219. The van der Waals surface area contributed by atoms with Gasteiger partial charge in [0.2, 0.25) is 5.91 Å². The number of aliphatic hydroxyl groups is 1. The number of nitrogens with zero attached hydrogens (tertiary/aromatic N) is 1. The van der Waals surface area contributed by atoms with Crippen LogP contribution in [0.4, 0.5) is 0 Å². The number of carbonyl (C=O) groups excluding carboxylic acids is 1. The van der Waals surface area contributed by atoms with Gasteiger partial charge in [-0.05, 0) is 49.8 Å². The Morgan fingerprint density at radius 1 is 1.32 bits per heavy atom. The molecular formula is C16H23NO2. The van der Waals surface area contributed by atoms with Gasteiger partial charge in [0.25, 0.3) is 0 Å². The Bertz CT molecular complexity index is 454. The van der Waals surface area contributed by atoms with Crippen LogP contribution in [0.3, 0.4) is 0 Å². The predicted octanol–water partition coefficient (Wildman–Crippen LogP) is 1.95. The quantitative estimate of drug-likeness (QED) is 0.880. The molecular weight excluding hydrogens is 238 g/mol. The smallest absolute Gasteiger partial charge is 0.227 e. The molecule has 0 radical (unpaired) electrons. The van der Waals surface area contributed by atoms with Crippen LogP contribution in [0.25, 0.3) is 0 Å². The number of benzene rings is 1. The lowest BCUT2D eigenvalue weighted by Gasteiger charge is -2.26. The third-order valence-electron chi connectivity index (χ3n) is 3.80. The van der Waals surface area contributed by atoms with E-state index in [2.05, 4.69) is 18.2 Å². The van der Waals surface area contributed by atoms with Gasteiger partial charge in [0.05, 0.1) is 13.0 Å². The Morgan fingerprint density at radius 3 is 2.74 bits per heavy atom. The second-order valence-corrected chi connectivity index (χ2v) is 5.54. The summed E-state index contributed by atoms with van der Waals surface area (Å²) in [6, 6.07) is 6.54. The van der Waals surface area contributed by atoms with Gasteiger partial charge >= 0.3 is 0 Å². The maximum Gasteiger partial charge on any atom is 0.227 e. The summed E-state index contributed by atoms with van der Waals surface area (Å²) in [6.07, 6.45) is 3.98. The predicted molar refractivity (Wildman–Crippen MR) is 76.1 cm³/mol. The first kappa shape index (κ1) is 14.1. The average molecular weight is 261 g/mol. The molecule has 19 heavy (non-hydrogen) atoms. The van der Waals surface area contributed by atoms with E-state index in [9.17, 15) is 4.79 Å². The summed E-state index contributed by atoms with van der Waals surface area (Å²) in [5, 5.41) is 9.03. The van der Waals surface area contributed by atoms with Crippen LogP contribution in [-0.2, 0) is 24.1 Å². The molecule has 2 rings (SSSR count). The summed E-state index contributed by atoms with van der Waals surface area (Å²) in [5.74, 6) is 0.0991. The average Bonchev–Trinajstić information content (AvgIpc) is 2.82. The first-order valence-corrected chi connectivity index (χ1v) is 7.13. The molecule has 1 amide bonds. The summed E-state index contributed by atoms with van der Waals surface area (Å²) >= 11 is 0. The third kappa shape index (κ3) is 3.35. The molecule has 1 N–H and O–H groups in total. The molecule has 0 aliphatic heterocycles. The molecule has 0 atom stereocenters. The van der Waals surface area contributed by atoms with Gasteiger partial charge in [-0.3, -0.25) is 4.79 Å². The molecule has 3 heteroatoms. The molecule has 1 aliphatic carbocycles. The topological polar surface area (TPSA) is 40.5 Å². The van der Waals surface area contributed by atoms with E-state index in [0.29, 0.717) is 13.0 Å². The van der Waals surface area contributed by atoms with E-state index in [-0.39, 0.29) is 18.6 Å². The fourth-order valence-corrected chi connectivity index (χ4v) is 2.79. The lowest BCUT2D eigenvalue weighted by Crippen LogP contribution is -2.39. The normalized spacial score (nSPS) is 13.7. The summed E-state index contributed by atoms with van der Waals surface area (Å²) in [5.41, 5.74) is 3.94. The number of hydrogen-bond donors (Lipinski definition) is 1. The molecule has 104 valence electrons. The minimum Gasteiger partial charge on any atom is -0.395 e. The van der Waals surface area contributed by atoms with Crippen molar-refractivity contribution in [1.82, 2.24) is 4.90 Å². The second-order valence-electron chi connectivity index (χ2n) is 5.54. The van der Waals surface area contributed by atoms with Crippen LogP contribution in [0.1, 0.15) is 37.0 Å². The highest BCUT2D eigenvalue weighted by Crippen LogP contribution is 2.23. The third-order valence-corrected chi connectivity index (χ3v) is 3.80. The molecule has 3 nitrogen and oxygen atoms in total. The fourth-order valence-electron chi connectivity index (χ4n) is 2.79. The number of aryl methyl sites for hydroxylation is 2. The van der Waals surface area contributed by atoms with Crippen LogP contribution in [0.5, 0.6) is 0 Å². The van der Waals surface area contributed by atoms with E-state index in [1.165, 1.54) is 24.0 Å². The Morgan fingerprint density at radius 2 is 2.05 bits per heavy atom. The number of hydrogen-bond acceptors (Lipinski definition) is 2. The lowest BCUT2D eigenvalue weighted by molar-refractivity contribution is -0.132. The van der Waals surface area contributed by atoms with Crippen molar-refractivity contribution in [1.29, 1.82) is 0 Å². The zero-order chi connectivity index (χ0) is 13.8. The SMILES string of the molecule is CC(C)N(CCO)C(=O)Cc1ccc2c(c1)CCC2. The maximum atomic E-state index is 12.3. The van der Waals surface area contributed by atoms with E-state index in [4.69, 9.17) is 5.11 Å². The van der Waals surface area contributed by atoms with Crippen LogP contribution in [0, 0.1) is 0 Å². The Labute approximate surface area is 115 Å². The van der Waals surface area contributed by atoms with E-state index < -0.39 is 0 Å². The first-order chi connectivity index (χ1) is 9.11. The van der Waals surface area contributed by atoms with Crippen molar-refractivity contribution in [2.75, 3.05) is 13.2 Å². The largest absolute Gasteiger partial charge is 0.395 e. The number of rotatable bonds is 5. The van der Waals surface area contributed by atoms with E-state index in [1.54, 1.807) is 4.90 Å². The molecule has 0 spiro atoms. The molecule has 1 aromatic rings. The standard InChI is InChI=1S/C16H23NO2/c1-12(2)17(8-9-18)16(19)11-13-6-7-14-4-3-5-15(14)10-13/h6-7,10,12,18H,3-5,8-9,11H2,1-2H3. The van der Waals surface area contributed by atoms with E-state index in [0.717, 1.165) is 12.0 Å². The van der Waals surface area contributed by atoms with Crippen LogP contribution >= 0.6 is 0 Å². The summed E-state index contributed by atoms with van der Waals surface area (Å²) in [6.45, 7) is 4.40. The van der Waals surface area contributed by atoms with Crippen LogP contribution in [-0.4, -0.2) is 35.1 Å². The highest BCUT2D eigenvalue weighted by Gasteiger charge is 2.18. The van der Waals surface area contributed by atoms with Gasteiger partial charge in [-0.25, -0.2) is 0 Å². The molecule has 0 bridgehead atoms. The molecule has 1 aliphatic rings. The van der Waals surface area contributed by atoms with Gasteiger partial charge in [-0.2, -0.15) is 0 Å². The molecule has 0 unspecified atom stereocenters. The molecule has 0 heterocycles. The monoisotopic (exact) mass is 261 g/mol. The zero-order valence-corrected chi connectivity index (χ0v) is 11.9. The first-order valence-electron chi connectivity index (χ1n) is 7.13. The van der Waals surface area contributed by atoms with Crippen molar-refractivity contribution in [3.63, 3.8) is 0 Å². The van der Waals surface area contributed by atoms with Gasteiger partial charge < -0.3 is 10.0 Å². The summed E-state index contributed by atoms with van der Waals surface area (Å²) in [7, 11) is 0. The second kappa shape index (κ2) is 6.20. The minimum atomic E-state index is 0.0219. The van der Waals surface area contributed by atoms with Crippen LogP contribution in [0.15, 0.2) is 18.2 Å². The summed E-state index contributed by atoms with van der Waals surface area (Å²) < 4.78 is 0. The molecule has 0 fully saturated rings. The number of amides is 1. The van der Waals surface area contributed by atoms with Crippen molar-refractivity contribution in [2.45, 2.75) is 45.6 Å². The van der Waals surface area contributed by atoms with E-state index >= 15 is 0 Å². The van der Waals surface area contributed by atoms with Gasteiger partial charge in [0, 0.05) is 12.6 Å². The Balaban J connectivity index is 2.05. The van der Waals surface area contributed by atoms with Gasteiger partial charge in [-0.1, -0.05) is 18.2 Å². The van der Waals surface area contributed by atoms with Crippen molar-refractivity contribution >= 4 is 5.91 Å². The highest BCUT2D eigenvalue weighted by atomic mass is 16.3. The highest BCUT2D eigenvalue weighted by molar-refractivity contribution is 5.79. The summed E-state index contributed by atoms with van der Waals surface area (Å²) in [4.78, 5) is 14.0. The fraction of sp³-hybridized carbons (Fsp3) is 0.562. The zero-order valence-electron chi connectivity index (χ0n) is 11.9. The van der Waals surface area contributed by atoms with Crippen molar-refractivity contribution in [3.8, 4) is 0 Å². The Hall–Kier alpha value is -1.35. The van der Waals surface area contributed by atoms with Crippen LogP contribution < -0.4 is 0 Å². The van der Waals surface area contributed by atoms with Crippen molar-refractivity contribution in [2.24, 2.45) is 0 Å². The van der Waals surface area contributed by atoms with Gasteiger partial charge in [-0.15, -0.1) is 0 Å². The Kier molecular flexibility index (Phi) is 4.59. The van der Waals surface area contributed by atoms with E-state index in [1.807, 2.05) is 13.8 Å². The maximum absolute atomic E-state index is 12.3. The number of fused-ring (bicyclic) bond motifs is 1. The van der Waals surface area contributed by atoms with Gasteiger partial charge in [0.1, 0.15) is 0 Å². The molecule has 0 aromatic heterocycles. The van der Waals surface area contributed by atoms with Crippen LogP contribution in [0.2, 0.25) is 0 Å². The molecule has 0 saturated heterocycles. The lowest BCUT2D eigenvalue weighted by atomic mass is 10.0.